The van der Waals surface area contributed by atoms with Crippen LogP contribution in [0.25, 0.3) is 0 Å². The van der Waals surface area contributed by atoms with Crippen molar-refractivity contribution in [3.8, 4) is 0 Å². The molecule has 4 nitrogen and oxygen atoms in total. The van der Waals surface area contributed by atoms with Crippen LogP contribution in [-0.2, 0) is 5.41 Å². The lowest BCUT2D eigenvalue weighted by Crippen LogP contribution is -2.31. The number of rotatable bonds is 3. The molecule has 19 heavy (non-hydrogen) atoms. The van der Waals surface area contributed by atoms with Crippen molar-refractivity contribution in [1.29, 1.82) is 0 Å². The van der Waals surface area contributed by atoms with Crippen molar-refractivity contribution in [2.24, 2.45) is 0 Å². The Morgan fingerprint density at radius 1 is 1.42 bits per heavy atom. The van der Waals surface area contributed by atoms with Gasteiger partial charge in [-0.3, -0.25) is 0 Å². The van der Waals surface area contributed by atoms with Crippen LogP contribution in [0.15, 0.2) is 6.07 Å². The van der Waals surface area contributed by atoms with Gasteiger partial charge in [0, 0.05) is 30.7 Å². The maximum Gasteiger partial charge on any atom is 0.137 e. The topological polar surface area (TPSA) is 49.2 Å². The summed E-state index contributed by atoms with van der Waals surface area (Å²) in [5.74, 6) is 1.66. The van der Waals surface area contributed by atoms with E-state index in [1.54, 1.807) is 0 Å². The van der Waals surface area contributed by atoms with E-state index in [4.69, 9.17) is 16.7 Å². The number of anilines is 1. The minimum atomic E-state index is -0.119. The van der Waals surface area contributed by atoms with Crippen LogP contribution < -0.4 is 4.90 Å². The van der Waals surface area contributed by atoms with Crippen molar-refractivity contribution in [2.45, 2.75) is 51.5 Å². The predicted octanol–water partition coefficient (Wildman–Crippen LogP) is 2.78. The van der Waals surface area contributed by atoms with E-state index in [9.17, 15) is 0 Å². The molecule has 0 bridgehead atoms. The van der Waals surface area contributed by atoms with Crippen molar-refractivity contribution in [1.82, 2.24) is 9.97 Å². The van der Waals surface area contributed by atoms with Gasteiger partial charge in [-0.15, -0.1) is 0 Å². The zero-order valence-electron chi connectivity index (χ0n) is 11.9. The van der Waals surface area contributed by atoms with Crippen LogP contribution in [0, 0.1) is 0 Å². The lowest BCUT2D eigenvalue weighted by Gasteiger charge is -2.27. The van der Waals surface area contributed by atoms with E-state index in [0.717, 1.165) is 37.4 Å². The molecule has 1 aromatic heterocycles. The molecule has 1 aliphatic heterocycles. The number of aliphatic hydroxyl groups excluding tert-OH is 1. The molecule has 0 amide bonds. The second kappa shape index (κ2) is 5.63. The van der Waals surface area contributed by atoms with Crippen LogP contribution in [0.4, 0.5) is 5.82 Å². The Morgan fingerprint density at radius 3 is 2.79 bits per heavy atom. The molecule has 1 aliphatic rings. The fourth-order valence-electron chi connectivity index (χ4n) is 2.47. The molecule has 1 aromatic rings. The van der Waals surface area contributed by atoms with Gasteiger partial charge in [0.1, 0.15) is 16.8 Å². The molecule has 1 unspecified atom stereocenters. The van der Waals surface area contributed by atoms with Crippen LogP contribution >= 0.6 is 11.6 Å². The van der Waals surface area contributed by atoms with Gasteiger partial charge in [-0.1, -0.05) is 32.4 Å². The smallest absolute Gasteiger partial charge is 0.137 e. The average molecular weight is 284 g/mol. The fraction of sp³-hybridized carbons (Fsp3) is 0.714. The van der Waals surface area contributed by atoms with Gasteiger partial charge in [0.15, 0.2) is 0 Å². The van der Waals surface area contributed by atoms with E-state index in [-0.39, 0.29) is 12.0 Å². The van der Waals surface area contributed by atoms with E-state index in [2.05, 4.69) is 35.6 Å². The molecule has 1 fully saturated rings. The molecule has 5 heteroatoms. The first-order valence-corrected chi connectivity index (χ1v) is 7.22. The zero-order valence-corrected chi connectivity index (χ0v) is 12.6. The Hall–Kier alpha value is -0.870. The normalized spacial score (nSPS) is 20.1. The largest absolute Gasteiger partial charge is 0.396 e. The molecule has 2 heterocycles. The summed E-state index contributed by atoms with van der Waals surface area (Å²) in [6.07, 6.45) is 3.02. The van der Waals surface area contributed by atoms with E-state index in [0.29, 0.717) is 11.2 Å². The maximum absolute atomic E-state index is 9.14. The van der Waals surface area contributed by atoms with Crippen LogP contribution in [0.2, 0.25) is 5.15 Å². The number of aliphatic hydroxyl groups is 1. The van der Waals surface area contributed by atoms with Gasteiger partial charge in [-0.05, 0) is 19.3 Å². The van der Waals surface area contributed by atoms with E-state index < -0.39 is 0 Å². The molecule has 0 radical (unpaired) electrons. The third-order valence-corrected chi connectivity index (χ3v) is 3.68. The minimum Gasteiger partial charge on any atom is -0.396 e. The molecule has 0 aliphatic carbocycles. The van der Waals surface area contributed by atoms with Crippen molar-refractivity contribution < 1.29 is 5.11 Å². The third-order valence-electron chi connectivity index (χ3n) is 3.49. The lowest BCUT2D eigenvalue weighted by atomic mass is 9.96. The highest BCUT2D eigenvalue weighted by Gasteiger charge is 2.27. The summed E-state index contributed by atoms with van der Waals surface area (Å²) < 4.78 is 0. The third kappa shape index (κ3) is 3.37. The zero-order chi connectivity index (χ0) is 14.0. The monoisotopic (exact) mass is 283 g/mol. The van der Waals surface area contributed by atoms with E-state index in [1.165, 1.54) is 0 Å². The number of hydrogen-bond acceptors (Lipinski definition) is 4. The molecule has 1 N–H and O–H groups in total. The van der Waals surface area contributed by atoms with Gasteiger partial charge in [0.25, 0.3) is 0 Å². The minimum absolute atomic E-state index is 0.119. The van der Waals surface area contributed by atoms with Crippen molar-refractivity contribution in [3.05, 3.63) is 17.0 Å². The SMILES string of the molecule is CC(C)(C)c1nc(Cl)cc(N2CCCC2CCO)n1. The first kappa shape index (κ1) is 14.5. The first-order chi connectivity index (χ1) is 8.91. The van der Waals surface area contributed by atoms with E-state index >= 15 is 0 Å². The Balaban J connectivity index is 2.31. The summed E-state index contributed by atoms with van der Waals surface area (Å²) in [5.41, 5.74) is -0.119. The van der Waals surface area contributed by atoms with Gasteiger partial charge in [-0.2, -0.15) is 0 Å². The summed E-state index contributed by atoms with van der Waals surface area (Å²) in [4.78, 5) is 11.2. The van der Waals surface area contributed by atoms with Crippen molar-refractivity contribution in [3.63, 3.8) is 0 Å². The average Bonchev–Trinajstić information content (AvgIpc) is 2.76. The van der Waals surface area contributed by atoms with Gasteiger partial charge >= 0.3 is 0 Å². The molecule has 0 aromatic carbocycles. The molecule has 106 valence electrons. The van der Waals surface area contributed by atoms with Crippen molar-refractivity contribution >= 4 is 17.4 Å². The molecule has 0 spiro atoms. The van der Waals surface area contributed by atoms with Crippen LogP contribution in [0.3, 0.4) is 0 Å². The standard InChI is InChI=1S/C14H22ClN3O/c1-14(2,3)13-16-11(15)9-12(17-13)18-7-4-5-10(18)6-8-19/h9-10,19H,4-8H2,1-3H3. The fourth-order valence-corrected chi connectivity index (χ4v) is 2.65. The summed E-state index contributed by atoms with van der Waals surface area (Å²) >= 11 is 6.13. The quantitative estimate of drug-likeness (QED) is 0.867. The Morgan fingerprint density at radius 2 is 2.16 bits per heavy atom. The lowest BCUT2D eigenvalue weighted by molar-refractivity contribution is 0.275. The second-order valence-corrected chi connectivity index (χ2v) is 6.51. The highest BCUT2D eigenvalue weighted by Crippen LogP contribution is 2.29. The second-order valence-electron chi connectivity index (χ2n) is 6.12. The van der Waals surface area contributed by atoms with Crippen LogP contribution in [-0.4, -0.2) is 34.3 Å². The van der Waals surface area contributed by atoms with Gasteiger partial charge in [-0.25, -0.2) is 9.97 Å². The molecule has 1 saturated heterocycles. The van der Waals surface area contributed by atoms with Crippen molar-refractivity contribution in [2.75, 3.05) is 18.1 Å². The maximum atomic E-state index is 9.14. The van der Waals surface area contributed by atoms with Gasteiger partial charge in [0.2, 0.25) is 0 Å². The number of hydrogen-bond donors (Lipinski definition) is 1. The Bertz CT molecular complexity index is 445. The van der Waals surface area contributed by atoms with Crippen LogP contribution in [0.1, 0.15) is 45.9 Å². The highest BCUT2D eigenvalue weighted by molar-refractivity contribution is 6.29. The van der Waals surface area contributed by atoms with E-state index in [1.807, 2.05) is 6.07 Å². The summed E-state index contributed by atoms with van der Waals surface area (Å²) in [5, 5.41) is 9.63. The predicted molar refractivity (Wildman–Crippen MR) is 77.8 cm³/mol. The Labute approximate surface area is 119 Å². The van der Waals surface area contributed by atoms with Gasteiger partial charge < -0.3 is 10.0 Å². The number of aromatic nitrogens is 2. The number of nitrogens with zero attached hydrogens (tertiary/aromatic N) is 3. The molecular formula is C14H22ClN3O. The van der Waals surface area contributed by atoms with Crippen LogP contribution in [0.5, 0.6) is 0 Å². The summed E-state index contributed by atoms with van der Waals surface area (Å²) in [6.45, 7) is 7.43. The number of halogens is 1. The molecular weight excluding hydrogens is 262 g/mol. The molecule has 2 rings (SSSR count). The Kier molecular flexibility index (Phi) is 4.31. The van der Waals surface area contributed by atoms with Gasteiger partial charge in [0.05, 0.1) is 0 Å². The highest BCUT2D eigenvalue weighted by atomic mass is 35.5. The molecule has 0 saturated carbocycles. The first-order valence-electron chi connectivity index (χ1n) is 6.84. The summed E-state index contributed by atoms with van der Waals surface area (Å²) in [6, 6.07) is 2.19. The summed E-state index contributed by atoms with van der Waals surface area (Å²) in [7, 11) is 0. The molecule has 1 atom stereocenters.